The van der Waals surface area contributed by atoms with Crippen molar-refractivity contribution in [2.75, 3.05) is 0 Å². The van der Waals surface area contributed by atoms with E-state index in [9.17, 15) is 14.9 Å². The molecule has 0 fully saturated rings. The first-order valence-electron chi connectivity index (χ1n) is 5.02. The predicted octanol–water partition coefficient (Wildman–Crippen LogP) is 2.37. The molecule has 5 nitrogen and oxygen atoms in total. The third-order valence-electron chi connectivity index (χ3n) is 2.47. The van der Waals surface area contributed by atoms with Gasteiger partial charge in [0.15, 0.2) is 0 Å². The van der Waals surface area contributed by atoms with Gasteiger partial charge in [-0.2, -0.15) is 0 Å². The first-order valence-corrected chi connectivity index (χ1v) is 5.02. The van der Waals surface area contributed by atoms with Gasteiger partial charge < -0.3 is 4.98 Å². The van der Waals surface area contributed by atoms with Crippen LogP contribution in [-0.4, -0.2) is 15.7 Å². The number of benzene rings is 1. The van der Waals surface area contributed by atoms with Crippen LogP contribution >= 0.6 is 0 Å². The summed E-state index contributed by atoms with van der Waals surface area (Å²) in [6.07, 6.45) is 2.94. The molecule has 0 amide bonds. The van der Waals surface area contributed by atoms with Gasteiger partial charge in [0.2, 0.25) is 5.78 Å². The Bertz CT molecular complexity index is 609. The zero-order valence-corrected chi connectivity index (χ0v) is 9.14. The lowest BCUT2D eigenvalue weighted by molar-refractivity contribution is -0.417. The van der Waals surface area contributed by atoms with Gasteiger partial charge in [0.1, 0.15) is 0 Å². The Hall–Kier alpha value is -2.43. The molecule has 1 N–H and O–H groups in total. The highest BCUT2D eigenvalue weighted by atomic mass is 16.6. The van der Waals surface area contributed by atoms with Crippen molar-refractivity contribution in [1.82, 2.24) is 4.98 Å². The molecule has 1 heterocycles. The third kappa shape index (κ3) is 2.08. The van der Waals surface area contributed by atoms with Crippen LogP contribution in [0, 0.1) is 10.1 Å². The Morgan fingerprint density at radius 1 is 1.41 bits per heavy atom. The molecular weight excluding hydrogens is 220 g/mol. The second-order valence-corrected chi connectivity index (χ2v) is 3.63. The number of nitrogens with one attached hydrogen (secondary N) is 1. The average Bonchev–Trinajstić information content (AvgIpc) is 2.68. The molecule has 0 saturated heterocycles. The van der Waals surface area contributed by atoms with Crippen molar-refractivity contribution < 1.29 is 9.72 Å². The van der Waals surface area contributed by atoms with Crippen molar-refractivity contribution in [2.24, 2.45) is 0 Å². The SMILES string of the molecule is CC(=O)C(=Cc1c[nH]c2ccccc12)[N+](=O)[O-]. The zero-order valence-electron chi connectivity index (χ0n) is 9.14. The van der Waals surface area contributed by atoms with Gasteiger partial charge in [0.05, 0.1) is 4.92 Å². The number of nitrogens with zero attached hydrogens (tertiary/aromatic N) is 1. The molecule has 5 heteroatoms. The summed E-state index contributed by atoms with van der Waals surface area (Å²) in [7, 11) is 0. The Labute approximate surface area is 96.9 Å². The first kappa shape index (κ1) is 11.1. The van der Waals surface area contributed by atoms with Gasteiger partial charge in [0, 0.05) is 35.7 Å². The van der Waals surface area contributed by atoms with E-state index in [1.54, 1.807) is 6.20 Å². The Morgan fingerprint density at radius 2 is 2.12 bits per heavy atom. The number of para-hydroxylation sites is 1. The number of fused-ring (bicyclic) bond motifs is 1. The van der Waals surface area contributed by atoms with Crippen LogP contribution in [0.2, 0.25) is 0 Å². The van der Waals surface area contributed by atoms with Crippen LogP contribution in [0.1, 0.15) is 12.5 Å². The smallest absolute Gasteiger partial charge is 0.312 e. The lowest BCUT2D eigenvalue weighted by Crippen LogP contribution is -2.06. The van der Waals surface area contributed by atoms with Gasteiger partial charge in [-0.05, 0) is 6.07 Å². The Kier molecular flexibility index (Phi) is 2.74. The van der Waals surface area contributed by atoms with Crippen molar-refractivity contribution in [2.45, 2.75) is 6.92 Å². The molecule has 0 atom stereocenters. The number of nitro groups is 1. The minimum absolute atomic E-state index is 0.408. The molecule has 0 aliphatic heterocycles. The maximum absolute atomic E-state index is 11.1. The second kappa shape index (κ2) is 4.21. The summed E-state index contributed by atoms with van der Waals surface area (Å²) in [6, 6.07) is 7.42. The lowest BCUT2D eigenvalue weighted by Gasteiger charge is -1.93. The number of ketones is 1. The van der Waals surface area contributed by atoms with Crippen molar-refractivity contribution in [3.8, 4) is 0 Å². The first-order chi connectivity index (χ1) is 8.09. The van der Waals surface area contributed by atoms with Crippen molar-refractivity contribution in [3.63, 3.8) is 0 Å². The standard InChI is InChI=1S/C12H10N2O3/c1-8(15)12(14(16)17)6-9-7-13-11-5-3-2-4-10(9)11/h2-7,13H,1H3. The van der Waals surface area contributed by atoms with Crippen LogP contribution in [0.5, 0.6) is 0 Å². The van der Waals surface area contributed by atoms with E-state index in [4.69, 9.17) is 0 Å². The van der Waals surface area contributed by atoms with Gasteiger partial charge in [-0.25, -0.2) is 0 Å². The van der Waals surface area contributed by atoms with Crippen molar-refractivity contribution in [1.29, 1.82) is 0 Å². The second-order valence-electron chi connectivity index (χ2n) is 3.63. The van der Waals surface area contributed by atoms with E-state index in [2.05, 4.69) is 4.98 Å². The number of aromatic nitrogens is 1. The summed E-state index contributed by atoms with van der Waals surface area (Å²) < 4.78 is 0. The van der Waals surface area contributed by atoms with Crippen LogP contribution in [-0.2, 0) is 4.79 Å². The fourth-order valence-electron chi connectivity index (χ4n) is 1.64. The number of hydrogen-bond acceptors (Lipinski definition) is 3. The number of H-pyrrole nitrogens is 1. The van der Waals surface area contributed by atoms with Crippen LogP contribution < -0.4 is 0 Å². The molecule has 0 saturated carbocycles. The lowest BCUT2D eigenvalue weighted by atomic mass is 10.1. The molecule has 0 bridgehead atoms. The number of hydrogen-bond donors (Lipinski definition) is 1. The van der Waals surface area contributed by atoms with E-state index in [1.165, 1.54) is 13.0 Å². The van der Waals surface area contributed by atoms with E-state index >= 15 is 0 Å². The number of rotatable bonds is 3. The van der Waals surface area contributed by atoms with Gasteiger partial charge in [-0.3, -0.25) is 14.9 Å². The van der Waals surface area contributed by atoms with Crippen molar-refractivity contribution in [3.05, 3.63) is 51.8 Å². The van der Waals surface area contributed by atoms with Crippen LogP contribution in [0.4, 0.5) is 0 Å². The highest BCUT2D eigenvalue weighted by Crippen LogP contribution is 2.20. The number of allylic oxidation sites excluding steroid dienone is 1. The summed E-state index contributed by atoms with van der Waals surface area (Å²) in [5.74, 6) is -0.555. The number of carbonyl (C=O) groups is 1. The Balaban J connectivity index is 2.57. The maximum atomic E-state index is 11.1. The van der Waals surface area contributed by atoms with Gasteiger partial charge in [-0.15, -0.1) is 0 Å². The summed E-state index contributed by atoms with van der Waals surface area (Å²) in [4.78, 5) is 24.2. The zero-order chi connectivity index (χ0) is 12.4. The average molecular weight is 230 g/mol. The number of aromatic amines is 1. The van der Waals surface area contributed by atoms with Gasteiger partial charge in [0.25, 0.3) is 0 Å². The molecule has 86 valence electrons. The molecule has 0 aliphatic rings. The van der Waals surface area contributed by atoms with E-state index in [0.29, 0.717) is 5.56 Å². The molecule has 2 rings (SSSR count). The minimum atomic E-state index is -0.663. The highest BCUT2D eigenvalue weighted by Gasteiger charge is 2.17. The van der Waals surface area contributed by atoms with Crippen LogP contribution in [0.25, 0.3) is 17.0 Å². The molecule has 0 unspecified atom stereocenters. The molecule has 0 aliphatic carbocycles. The molecule has 1 aromatic heterocycles. The monoisotopic (exact) mass is 230 g/mol. The molecule has 0 spiro atoms. The van der Waals surface area contributed by atoms with Crippen molar-refractivity contribution >= 4 is 22.8 Å². The predicted molar refractivity (Wildman–Crippen MR) is 64.0 cm³/mol. The van der Waals surface area contributed by atoms with E-state index in [0.717, 1.165) is 10.9 Å². The van der Waals surface area contributed by atoms with Crippen LogP contribution in [0.15, 0.2) is 36.2 Å². The fraction of sp³-hybridized carbons (Fsp3) is 0.0833. The normalized spacial score (nSPS) is 11.7. The minimum Gasteiger partial charge on any atom is -0.361 e. The molecule has 0 radical (unpaired) electrons. The van der Waals surface area contributed by atoms with E-state index < -0.39 is 16.4 Å². The largest absolute Gasteiger partial charge is 0.361 e. The third-order valence-corrected chi connectivity index (χ3v) is 2.47. The molecule has 2 aromatic rings. The number of carbonyl (C=O) groups excluding carboxylic acids is 1. The molecule has 17 heavy (non-hydrogen) atoms. The summed E-state index contributed by atoms with van der Waals surface area (Å²) in [5, 5.41) is 11.6. The van der Waals surface area contributed by atoms with Crippen LogP contribution in [0.3, 0.4) is 0 Å². The maximum Gasteiger partial charge on any atom is 0.312 e. The number of Topliss-reactive ketones (excluding diaryl/α,β-unsaturated/α-hetero) is 1. The Morgan fingerprint density at radius 3 is 2.76 bits per heavy atom. The fourth-order valence-corrected chi connectivity index (χ4v) is 1.64. The van der Waals surface area contributed by atoms with Gasteiger partial charge >= 0.3 is 5.70 Å². The van der Waals surface area contributed by atoms with E-state index in [1.807, 2.05) is 24.3 Å². The molecule has 1 aromatic carbocycles. The van der Waals surface area contributed by atoms with Gasteiger partial charge in [-0.1, -0.05) is 18.2 Å². The summed E-state index contributed by atoms with van der Waals surface area (Å²) in [5.41, 5.74) is 1.11. The topological polar surface area (TPSA) is 76.0 Å². The summed E-state index contributed by atoms with van der Waals surface area (Å²) in [6.45, 7) is 1.18. The molecular formula is C12H10N2O3. The van der Waals surface area contributed by atoms with E-state index in [-0.39, 0.29) is 0 Å². The highest BCUT2D eigenvalue weighted by molar-refractivity contribution is 5.98. The quantitative estimate of drug-likeness (QED) is 0.499. The summed E-state index contributed by atoms with van der Waals surface area (Å²) >= 11 is 0.